The quantitative estimate of drug-likeness (QED) is 0.0261. The zero-order chi connectivity index (χ0) is 55.0. The van der Waals surface area contributed by atoms with Gasteiger partial charge in [-0.3, -0.25) is 14.4 Å². The number of hydrogen-bond donors (Lipinski definition) is 0. The molecule has 0 saturated carbocycles. The second kappa shape index (κ2) is 65.4. The van der Waals surface area contributed by atoms with Crippen molar-refractivity contribution in [3.8, 4) is 0 Å². The van der Waals surface area contributed by atoms with Crippen molar-refractivity contribution in [3.63, 3.8) is 0 Å². The van der Waals surface area contributed by atoms with Gasteiger partial charge in [0.2, 0.25) is 0 Å². The van der Waals surface area contributed by atoms with Gasteiger partial charge in [0, 0.05) is 19.3 Å². The molecule has 0 amide bonds. The van der Waals surface area contributed by atoms with Crippen LogP contribution in [0.1, 0.15) is 387 Å². The highest BCUT2D eigenvalue weighted by molar-refractivity contribution is 5.71. The Morgan fingerprint density at radius 3 is 0.658 bits per heavy atom. The summed E-state index contributed by atoms with van der Waals surface area (Å²) in [5.41, 5.74) is 0. The molecule has 0 N–H and O–H groups in total. The van der Waals surface area contributed by atoms with E-state index in [9.17, 15) is 14.4 Å². The molecule has 1 unspecified atom stereocenters. The zero-order valence-electron chi connectivity index (χ0n) is 51.6. The predicted molar refractivity (Wildman–Crippen MR) is 330 cm³/mol. The first-order chi connectivity index (χ1) is 37.5. The van der Waals surface area contributed by atoms with Gasteiger partial charge in [-0.25, -0.2) is 0 Å². The lowest BCUT2D eigenvalue weighted by atomic mass is 10.0. The second-order valence-corrected chi connectivity index (χ2v) is 23.4. The van der Waals surface area contributed by atoms with Crippen LogP contribution in [0.25, 0.3) is 0 Å². The number of esters is 3. The van der Waals surface area contributed by atoms with E-state index in [0.717, 1.165) is 64.2 Å². The number of allylic oxidation sites excluding steroid dienone is 4. The van der Waals surface area contributed by atoms with E-state index in [4.69, 9.17) is 14.2 Å². The normalized spacial score (nSPS) is 12.1. The summed E-state index contributed by atoms with van der Waals surface area (Å²) in [7, 11) is 0. The maximum Gasteiger partial charge on any atom is 0.306 e. The van der Waals surface area contributed by atoms with Crippen LogP contribution in [0.4, 0.5) is 0 Å². The third-order valence-electron chi connectivity index (χ3n) is 15.7. The summed E-state index contributed by atoms with van der Waals surface area (Å²) in [6, 6.07) is 0. The van der Waals surface area contributed by atoms with E-state index >= 15 is 0 Å². The molecule has 0 aliphatic heterocycles. The maximum atomic E-state index is 12.9. The Balaban J connectivity index is 4.16. The summed E-state index contributed by atoms with van der Waals surface area (Å²) in [4.78, 5) is 38.3. The van der Waals surface area contributed by atoms with Crippen molar-refractivity contribution in [2.75, 3.05) is 13.2 Å². The van der Waals surface area contributed by atoms with E-state index in [2.05, 4.69) is 45.1 Å². The van der Waals surface area contributed by atoms with Crippen molar-refractivity contribution < 1.29 is 28.6 Å². The van der Waals surface area contributed by atoms with Gasteiger partial charge in [-0.05, 0) is 70.6 Å². The van der Waals surface area contributed by atoms with Crippen LogP contribution in [0, 0.1) is 0 Å². The Kier molecular flexibility index (Phi) is 63.6. The van der Waals surface area contributed by atoms with Gasteiger partial charge in [-0.2, -0.15) is 0 Å². The molecule has 0 aromatic carbocycles. The van der Waals surface area contributed by atoms with E-state index in [1.807, 2.05) is 0 Å². The average Bonchev–Trinajstić information content (AvgIpc) is 3.42. The Morgan fingerprint density at radius 2 is 0.434 bits per heavy atom. The molecule has 0 rings (SSSR count). The number of ether oxygens (including phenoxy) is 3. The summed E-state index contributed by atoms with van der Waals surface area (Å²) in [5, 5.41) is 0. The lowest BCUT2D eigenvalue weighted by Gasteiger charge is -2.18. The topological polar surface area (TPSA) is 78.9 Å². The summed E-state index contributed by atoms with van der Waals surface area (Å²) in [6.07, 6.45) is 79.2. The van der Waals surface area contributed by atoms with Crippen LogP contribution < -0.4 is 0 Å². The van der Waals surface area contributed by atoms with Crippen molar-refractivity contribution in [1.29, 1.82) is 0 Å². The van der Waals surface area contributed by atoms with Crippen LogP contribution in [0.3, 0.4) is 0 Å². The van der Waals surface area contributed by atoms with Crippen LogP contribution in [-0.4, -0.2) is 37.2 Å². The standard InChI is InChI=1S/C70H132O6/c1-4-7-10-13-16-19-22-25-28-29-30-31-32-33-34-35-36-37-38-39-40-41-43-45-48-51-54-57-60-63-69(72)75-66-67(65-74-68(71)62-59-56-53-50-47-44-27-24-21-18-15-12-9-6-3)76-70(73)64-61-58-55-52-49-46-42-26-23-20-17-14-11-8-5-2/h26,29-30,42,67H,4-25,27-28,31-41,43-66H2,1-3H3/b30-29-,42-26-. The van der Waals surface area contributed by atoms with Crippen molar-refractivity contribution in [2.24, 2.45) is 0 Å². The predicted octanol–water partition coefficient (Wildman–Crippen LogP) is 23.4. The molecule has 6 nitrogen and oxygen atoms in total. The summed E-state index contributed by atoms with van der Waals surface area (Å²) < 4.78 is 17.0. The second-order valence-electron chi connectivity index (χ2n) is 23.4. The van der Waals surface area contributed by atoms with Gasteiger partial charge in [0.25, 0.3) is 0 Å². The van der Waals surface area contributed by atoms with Crippen LogP contribution in [0.5, 0.6) is 0 Å². The molecule has 0 radical (unpaired) electrons. The van der Waals surface area contributed by atoms with Crippen molar-refractivity contribution in [2.45, 2.75) is 393 Å². The minimum absolute atomic E-state index is 0.0686. The van der Waals surface area contributed by atoms with Gasteiger partial charge in [0.15, 0.2) is 6.10 Å². The fourth-order valence-electron chi connectivity index (χ4n) is 10.5. The zero-order valence-corrected chi connectivity index (χ0v) is 51.6. The average molecular weight is 1070 g/mol. The fraction of sp³-hybridized carbons (Fsp3) is 0.900. The van der Waals surface area contributed by atoms with Crippen LogP contribution in [0.15, 0.2) is 24.3 Å². The minimum Gasteiger partial charge on any atom is -0.462 e. The van der Waals surface area contributed by atoms with E-state index < -0.39 is 6.10 Å². The highest BCUT2D eigenvalue weighted by Crippen LogP contribution is 2.18. The summed E-state index contributed by atoms with van der Waals surface area (Å²) >= 11 is 0. The highest BCUT2D eigenvalue weighted by Gasteiger charge is 2.19. The number of carbonyl (C=O) groups excluding carboxylic acids is 3. The summed E-state index contributed by atoms with van der Waals surface area (Å²) in [6.45, 7) is 6.70. The van der Waals surface area contributed by atoms with Gasteiger partial charge in [0.05, 0.1) is 0 Å². The Labute approximate surface area is 474 Å². The molecule has 0 bridgehead atoms. The molecule has 6 heteroatoms. The molecule has 1 atom stereocenters. The van der Waals surface area contributed by atoms with Crippen molar-refractivity contribution in [1.82, 2.24) is 0 Å². The third kappa shape index (κ3) is 62.7. The molecule has 0 aromatic heterocycles. The highest BCUT2D eigenvalue weighted by atomic mass is 16.6. The molecule has 0 aromatic rings. The fourth-order valence-corrected chi connectivity index (χ4v) is 10.5. The SMILES string of the molecule is CCCCCCCC/C=C\CCCCCCCC(=O)OC(COC(=O)CCCCCCCCCCCCCCCC)COC(=O)CCCCCCCCCCCCCCCCCCC/C=C\CCCCCCCCCC. The smallest absolute Gasteiger partial charge is 0.306 e. The maximum absolute atomic E-state index is 12.9. The molecule has 76 heavy (non-hydrogen) atoms. The number of carbonyl (C=O) groups is 3. The molecular formula is C70H132O6. The van der Waals surface area contributed by atoms with Gasteiger partial charge in [0.1, 0.15) is 13.2 Å². The van der Waals surface area contributed by atoms with E-state index in [1.165, 1.54) is 283 Å². The van der Waals surface area contributed by atoms with Gasteiger partial charge < -0.3 is 14.2 Å². The van der Waals surface area contributed by atoms with E-state index in [-0.39, 0.29) is 31.1 Å². The summed E-state index contributed by atoms with van der Waals surface area (Å²) in [5.74, 6) is -0.848. The third-order valence-corrected chi connectivity index (χ3v) is 15.7. The Morgan fingerprint density at radius 1 is 0.250 bits per heavy atom. The molecule has 0 aliphatic carbocycles. The van der Waals surface area contributed by atoms with Crippen LogP contribution in [0.2, 0.25) is 0 Å². The van der Waals surface area contributed by atoms with Crippen LogP contribution >= 0.6 is 0 Å². The molecule has 0 heterocycles. The number of hydrogen-bond acceptors (Lipinski definition) is 6. The minimum atomic E-state index is -0.772. The monoisotopic (exact) mass is 1070 g/mol. The molecule has 448 valence electrons. The first-order valence-corrected chi connectivity index (χ1v) is 34.3. The largest absolute Gasteiger partial charge is 0.462 e. The first-order valence-electron chi connectivity index (χ1n) is 34.3. The van der Waals surface area contributed by atoms with Crippen molar-refractivity contribution in [3.05, 3.63) is 24.3 Å². The van der Waals surface area contributed by atoms with Crippen LogP contribution in [-0.2, 0) is 28.6 Å². The molecule has 0 spiro atoms. The molecule has 0 aliphatic rings. The van der Waals surface area contributed by atoms with Gasteiger partial charge in [-0.1, -0.05) is 321 Å². The lowest BCUT2D eigenvalue weighted by molar-refractivity contribution is -0.167. The molecular weight excluding hydrogens is 937 g/mol. The molecule has 0 saturated heterocycles. The van der Waals surface area contributed by atoms with E-state index in [1.54, 1.807) is 0 Å². The first kappa shape index (κ1) is 73.9. The number of rotatable bonds is 64. The Bertz CT molecular complexity index is 1230. The Hall–Kier alpha value is -2.11. The van der Waals surface area contributed by atoms with Gasteiger partial charge in [-0.15, -0.1) is 0 Å². The lowest BCUT2D eigenvalue weighted by Crippen LogP contribution is -2.30. The molecule has 0 fully saturated rings. The van der Waals surface area contributed by atoms with Crippen molar-refractivity contribution >= 4 is 17.9 Å². The van der Waals surface area contributed by atoms with E-state index in [0.29, 0.717) is 19.3 Å². The van der Waals surface area contributed by atoms with Gasteiger partial charge >= 0.3 is 17.9 Å². The number of unbranched alkanes of at least 4 members (excludes halogenated alkanes) is 49.